The minimum atomic E-state index is 0.512. The number of aryl methyl sites for hydroxylation is 2. The highest BCUT2D eigenvalue weighted by atomic mass is 35.5. The molecule has 0 spiro atoms. The van der Waals surface area contributed by atoms with Crippen molar-refractivity contribution in [3.05, 3.63) is 70.4 Å². The van der Waals surface area contributed by atoms with Gasteiger partial charge in [-0.3, -0.25) is 0 Å². The van der Waals surface area contributed by atoms with Crippen LogP contribution < -0.4 is 15.4 Å². The smallest absolute Gasteiger partial charge is 0.229 e. The summed E-state index contributed by atoms with van der Waals surface area (Å²) in [5, 5.41) is 7.21. The Kier molecular flexibility index (Phi) is 6.14. The summed E-state index contributed by atoms with van der Waals surface area (Å²) >= 11 is 6.35. The molecule has 3 aromatic rings. The lowest BCUT2D eigenvalue weighted by Crippen LogP contribution is -2.08. The van der Waals surface area contributed by atoms with E-state index in [0.29, 0.717) is 11.0 Å². The molecule has 27 heavy (non-hydrogen) atoms. The van der Waals surface area contributed by atoms with Crippen LogP contribution in [0.2, 0.25) is 5.02 Å². The minimum Gasteiger partial charge on any atom is -0.497 e. The summed E-state index contributed by atoms with van der Waals surface area (Å²) < 4.78 is 5.18. The maximum atomic E-state index is 6.35. The minimum absolute atomic E-state index is 0.512. The van der Waals surface area contributed by atoms with Crippen LogP contribution in [0.4, 0.5) is 17.5 Å². The standard InChI is InChI=1S/C21H23ClN4O/c1-14-12-15(2)20(18(22)13-14)26-21-24-11-9-19(25-21)23-10-8-16-4-6-17(27-3)7-5-16/h4-7,9,11-13H,8,10H2,1-3H3,(H2,23,24,25,26). The molecule has 1 heterocycles. The topological polar surface area (TPSA) is 59.1 Å². The van der Waals surface area contributed by atoms with Gasteiger partial charge in [0.2, 0.25) is 5.95 Å². The van der Waals surface area contributed by atoms with E-state index in [9.17, 15) is 0 Å². The molecule has 0 unspecified atom stereocenters. The van der Waals surface area contributed by atoms with Crippen LogP contribution in [0, 0.1) is 13.8 Å². The number of halogens is 1. The molecule has 2 aromatic carbocycles. The Morgan fingerprint density at radius 2 is 1.85 bits per heavy atom. The Balaban J connectivity index is 1.62. The second-order valence-electron chi connectivity index (χ2n) is 6.35. The summed E-state index contributed by atoms with van der Waals surface area (Å²) in [7, 11) is 1.67. The lowest BCUT2D eigenvalue weighted by molar-refractivity contribution is 0.414. The number of hydrogen-bond donors (Lipinski definition) is 2. The summed E-state index contributed by atoms with van der Waals surface area (Å²) in [5.74, 6) is 2.14. The molecule has 3 rings (SSSR count). The number of methoxy groups -OCH3 is 1. The third-order valence-corrected chi connectivity index (χ3v) is 4.50. The summed E-state index contributed by atoms with van der Waals surface area (Å²) in [6, 6.07) is 13.9. The number of rotatable bonds is 7. The van der Waals surface area contributed by atoms with E-state index in [0.717, 1.165) is 41.3 Å². The van der Waals surface area contributed by atoms with E-state index >= 15 is 0 Å². The van der Waals surface area contributed by atoms with Crippen molar-refractivity contribution in [2.45, 2.75) is 20.3 Å². The van der Waals surface area contributed by atoms with Crippen LogP contribution in [0.25, 0.3) is 0 Å². The summed E-state index contributed by atoms with van der Waals surface area (Å²) in [6.45, 7) is 4.80. The molecule has 0 saturated carbocycles. The van der Waals surface area contributed by atoms with E-state index in [2.05, 4.69) is 38.8 Å². The molecule has 0 amide bonds. The third kappa shape index (κ3) is 5.11. The monoisotopic (exact) mass is 382 g/mol. The molecule has 0 bridgehead atoms. The summed E-state index contributed by atoms with van der Waals surface area (Å²) in [6.07, 6.45) is 2.61. The van der Waals surface area contributed by atoms with Crippen molar-refractivity contribution in [3.8, 4) is 5.75 Å². The molecular formula is C21H23ClN4O. The normalized spacial score (nSPS) is 10.5. The van der Waals surface area contributed by atoms with E-state index in [1.165, 1.54) is 5.56 Å². The Bertz CT molecular complexity index is 889. The van der Waals surface area contributed by atoms with Gasteiger partial charge in [0.1, 0.15) is 11.6 Å². The SMILES string of the molecule is COc1ccc(CCNc2ccnc(Nc3c(C)cc(C)cc3Cl)n2)cc1. The van der Waals surface area contributed by atoms with Gasteiger partial charge in [-0.15, -0.1) is 0 Å². The number of anilines is 3. The lowest BCUT2D eigenvalue weighted by atomic mass is 10.1. The molecular weight excluding hydrogens is 360 g/mol. The van der Waals surface area contributed by atoms with Gasteiger partial charge in [-0.05, 0) is 61.2 Å². The van der Waals surface area contributed by atoms with E-state index < -0.39 is 0 Å². The molecule has 140 valence electrons. The van der Waals surface area contributed by atoms with Gasteiger partial charge in [0, 0.05) is 12.7 Å². The molecule has 0 aliphatic carbocycles. The first kappa shape index (κ1) is 19.0. The molecule has 5 nitrogen and oxygen atoms in total. The quantitative estimate of drug-likeness (QED) is 0.591. The maximum absolute atomic E-state index is 6.35. The number of ether oxygens (including phenoxy) is 1. The fraction of sp³-hybridized carbons (Fsp3) is 0.238. The summed E-state index contributed by atoms with van der Waals surface area (Å²) in [4.78, 5) is 8.81. The van der Waals surface area contributed by atoms with E-state index in [1.54, 1.807) is 13.3 Å². The van der Waals surface area contributed by atoms with Crippen molar-refractivity contribution in [2.75, 3.05) is 24.3 Å². The zero-order valence-corrected chi connectivity index (χ0v) is 16.5. The van der Waals surface area contributed by atoms with Crippen molar-refractivity contribution < 1.29 is 4.74 Å². The Morgan fingerprint density at radius 1 is 1.07 bits per heavy atom. The predicted molar refractivity (Wildman–Crippen MR) is 111 cm³/mol. The molecule has 0 atom stereocenters. The highest BCUT2D eigenvalue weighted by Crippen LogP contribution is 2.29. The molecule has 0 saturated heterocycles. The van der Waals surface area contributed by atoms with E-state index in [4.69, 9.17) is 16.3 Å². The molecule has 0 aliphatic heterocycles. The number of aromatic nitrogens is 2. The Hall–Kier alpha value is -2.79. The number of benzene rings is 2. The molecule has 2 N–H and O–H groups in total. The second-order valence-corrected chi connectivity index (χ2v) is 6.76. The van der Waals surface area contributed by atoms with Crippen LogP contribution in [0.1, 0.15) is 16.7 Å². The van der Waals surface area contributed by atoms with Crippen LogP contribution >= 0.6 is 11.6 Å². The highest BCUT2D eigenvalue weighted by Gasteiger charge is 2.08. The number of nitrogens with zero attached hydrogens (tertiary/aromatic N) is 2. The van der Waals surface area contributed by atoms with E-state index in [-0.39, 0.29) is 0 Å². The molecule has 0 radical (unpaired) electrons. The zero-order chi connectivity index (χ0) is 19.2. The zero-order valence-electron chi connectivity index (χ0n) is 15.7. The molecule has 0 aliphatic rings. The molecule has 1 aromatic heterocycles. The van der Waals surface area contributed by atoms with Gasteiger partial charge in [-0.25, -0.2) is 4.98 Å². The van der Waals surface area contributed by atoms with Gasteiger partial charge in [-0.2, -0.15) is 4.98 Å². The summed E-state index contributed by atoms with van der Waals surface area (Å²) in [5.41, 5.74) is 4.25. The van der Waals surface area contributed by atoms with Gasteiger partial charge >= 0.3 is 0 Å². The van der Waals surface area contributed by atoms with Crippen LogP contribution in [-0.4, -0.2) is 23.6 Å². The number of nitrogens with one attached hydrogen (secondary N) is 2. The van der Waals surface area contributed by atoms with Crippen molar-refractivity contribution in [1.29, 1.82) is 0 Å². The maximum Gasteiger partial charge on any atom is 0.229 e. The molecule has 6 heteroatoms. The fourth-order valence-corrected chi connectivity index (χ4v) is 3.20. The van der Waals surface area contributed by atoms with Crippen molar-refractivity contribution in [1.82, 2.24) is 9.97 Å². The van der Waals surface area contributed by atoms with E-state index in [1.807, 2.05) is 38.1 Å². The van der Waals surface area contributed by atoms with Gasteiger partial charge in [-0.1, -0.05) is 29.8 Å². The van der Waals surface area contributed by atoms with Crippen molar-refractivity contribution in [2.24, 2.45) is 0 Å². The van der Waals surface area contributed by atoms with Gasteiger partial charge < -0.3 is 15.4 Å². The fourth-order valence-electron chi connectivity index (χ4n) is 2.83. The first-order valence-electron chi connectivity index (χ1n) is 8.79. The largest absolute Gasteiger partial charge is 0.497 e. The van der Waals surface area contributed by atoms with Gasteiger partial charge in [0.15, 0.2) is 0 Å². The first-order valence-corrected chi connectivity index (χ1v) is 9.16. The third-order valence-electron chi connectivity index (χ3n) is 4.20. The highest BCUT2D eigenvalue weighted by molar-refractivity contribution is 6.33. The Labute approximate surface area is 164 Å². The average Bonchev–Trinajstić information content (AvgIpc) is 2.65. The average molecular weight is 383 g/mol. The number of hydrogen-bond acceptors (Lipinski definition) is 5. The van der Waals surface area contributed by atoms with Crippen LogP contribution in [0.3, 0.4) is 0 Å². The van der Waals surface area contributed by atoms with Crippen molar-refractivity contribution in [3.63, 3.8) is 0 Å². The van der Waals surface area contributed by atoms with Crippen LogP contribution in [0.15, 0.2) is 48.7 Å². The van der Waals surface area contributed by atoms with Crippen LogP contribution in [0.5, 0.6) is 5.75 Å². The predicted octanol–water partition coefficient (Wildman–Crippen LogP) is 5.15. The molecule has 0 fully saturated rings. The first-order chi connectivity index (χ1) is 13.0. The van der Waals surface area contributed by atoms with Crippen LogP contribution in [-0.2, 0) is 6.42 Å². The second kappa shape index (κ2) is 8.73. The van der Waals surface area contributed by atoms with Gasteiger partial charge in [0.25, 0.3) is 0 Å². The lowest BCUT2D eigenvalue weighted by Gasteiger charge is -2.12. The Morgan fingerprint density at radius 3 is 2.56 bits per heavy atom. The van der Waals surface area contributed by atoms with Gasteiger partial charge in [0.05, 0.1) is 17.8 Å². The van der Waals surface area contributed by atoms with Crippen molar-refractivity contribution >= 4 is 29.1 Å².